The summed E-state index contributed by atoms with van der Waals surface area (Å²) in [6.07, 6.45) is 0. The Morgan fingerprint density at radius 1 is 1.05 bits per heavy atom. The summed E-state index contributed by atoms with van der Waals surface area (Å²) in [7, 11) is -2.93. The molecule has 0 unspecified atom stereocenters. The Morgan fingerprint density at radius 3 is 2.49 bits per heavy atom. The van der Waals surface area contributed by atoms with E-state index < -0.39 is 38.8 Å². The Hall–Kier alpha value is -4.59. The summed E-state index contributed by atoms with van der Waals surface area (Å²) >= 11 is 12.4. The maximum Gasteiger partial charge on any atom is 0.340 e. The van der Waals surface area contributed by atoms with Crippen LogP contribution in [-0.4, -0.2) is 48.7 Å². The third-order valence-corrected chi connectivity index (χ3v) is 8.72. The van der Waals surface area contributed by atoms with Crippen molar-refractivity contribution >= 4 is 62.3 Å². The van der Waals surface area contributed by atoms with Crippen LogP contribution in [0.5, 0.6) is 5.75 Å². The van der Waals surface area contributed by atoms with E-state index in [0.717, 1.165) is 12.1 Å². The Morgan fingerprint density at radius 2 is 1.77 bits per heavy atom. The van der Waals surface area contributed by atoms with Gasteiger partial charge >= 0.3 is 5.97 Å². The van der Waals surface area contributed by atoms with Crippen LogP contribution in [0.25, 0.3) is 5.69 Å². The Balaban J connectivity index is 1.37. The van der Waals surface area contributed by atoms with Crippen LogP contribution in [0.4, 0.5) is 11.4 Å². The first kappa shape index (κ1) is 29.9. The number of Topliss-reactive ketones (excluding diaryl/α,β-unsaturated/α-hetero) is 1. The Kier molecular flexibility index (Phi) is 8.06. The van der Waals surface area contributed by atoms with Gasteiger partial charge in [-0.1, -0.05) is 41.4 Å². The molecule has 0 saturated heterocycles. The average molecular weight is 645 g/mol. The van der Waals surface area contributed by atoms with Gasteiger partial charge in [-0.25, -0.2) is 17.9 Å². The molecule has 4 aromatic rings. The minimum Gasteiger partial charge on any atom is -0.482 e. The van der Waals surface area contributed by atoms with Crippen molar-refractivity contribution in [3.05, 3.63) is 97.9 Å². The smallest absolute Gasteiger partial charge is 0.340 e. The first-order chi connectivity index (χ1) is 20.4. The van der Waals surface area contributed by atoms with Crippen molar-refractivity contribution in [3.8, 4) is 11.4 Å². The number of ether oxygens (including phenoxy) is 2. The summed E-state index contributed by atoms with van der Waals surface area (Å²) < 4.78 is 42.3. The van der Waals surface area contributed by atoms with Crippen molar-refractivity contribution in [2.75, 3.05) is 23.3 Å². The number of benzene rings is 3. The van der Waals surface area contributed by atoms with Gasteiger partial charge in [0.15, 0.2) is 19.0 Å². The predicted octanol–water partition coefficient (Wildman–Crippen LogP) is 3.96. The van der Waals surface area contributed by atoms with Gasteiger partial charge in [-0.2, -0.15) is 0 Å². The number of nitrogens with zero attached hydrogens (tertiary/aromatic N) is 2. The molecule has 0 fully saturated rings. The first-order valence-corrected chi connectivity index (χ1v) is 14.7. The molecule has 43 heavy (non-hydrogen) atoms. The number of esters is 1. The van der Waals surface area contributed by atoms with Gasteiger partial charge in [0.25, 0.3) is 21.5 Å². The molecule has 0 radical (unpaired) electrons. The fourth-order valence-corrected chi connectivity index (χ4v) is 6.28. The van der Waals surface area contributed by atoms with Crippen LogP contribution in [0.3, 0.4) is 0 Å². The quantitative estimate of drug-likeness (QED) is 0.216. The molecule has 2 N–H and O–H groups in total. The molecule has 1 aromatic heterocycles. The highest BCUT2D eigenvalue weighted by Crippen LogP contribution is 2.31. The minimum absolute atomic E-state index is 0.131. The van der Waals surface area contributed by atoms with Crippen LogP contribution in [0.2, 0.25) is 10.0 Å². The monoisotopic (exact) mass is 644 g/mol. The fraction of sp³-hybridized carbons (Fsp3) is 0.143. The summed E-state index contributed by atoms with van der Waals surface area (Å²) in [5.74, 6) is -1.70. The normalized spacial score (nSPS) is 12.6. The van der Waals surface area contributed by atoms with Gasteiger partial charge in [-0.15, -0.1) is 0 Å². The van der Waals surface area contributed by atoms with Gasteiger partial charge in [0, 0.05) is 12.6 Å². The number of fused-ring (bicyclic) bond motifs is 1. The van der Waals surface area contributed by atoms with E-state index in [4.69, 9.17) is 32.7 Å². The van der Waals surface area contributed by atoms with Gasteiger partial charge in [-0.05, 0) is 49.4 Å². The minimum atomic E-state index is -4.52. The molecule has 0 spiro atoms. The van der Waals surface area contributed by atoms with Crippen LogP contribution in [0.15, 0.2) is 70.4 Å². The molecular weight excluding hydrogens is 623 g/mol. The number of nitrogens with one attached hydrogen (secondary N) is 2. The number of hydrogen-bond donors (Lipinski definition) is 2. The van der Waals surface area contributed by atoms with Crippen molar-refractivity contribution < 1.29 is 32.3 Å². The maximum absolute atomic E-state index is 13.4. The van der Waals surface area contributed by atoms with E-state index in [1.807, 2.05) is 0 Å². The van der Waals surface area contributed by atoms with Gasteiger partial charge < -0.3 is 14.8 Å². The third kappa shape index (κ3) is 5.87. The number of hydrogen-bond acceptors (Lipinski definition) is 8. The largest absolute Gasteiger partial charge is 0.482 e. The summed E-state index contributed by atoms with van der Waals surface area (Å²) in [6, 6.07) is 14.9. The lowest BCUT2D eigenvalue weighted by molar-refractivity contribution is -0.118. The summed E-state index contributed by atoms with van der Waals surface area (Å²) in [5, 5.41) is 2.03. The highest BCUT2D eigenvalue weighted by molar-refractivity contribution is 7.92. The number of para-hydroxylation sites is 1. The number of aromatic nitrogens is 2. The maximum atomic E-state index is 13.4. The second-order valence-electron chi connectivity index (χ2n) is 9.35. The molecule has 3 aromatic carbocycles. The van der Waals surface area contributed by atoms with Crippen molar-refractivity contribution in [1.29, 1.82) is 0 Å². The number of carbonyl (C=O) groups excluding carboxylic acids is 3. The van der Waals surface area contributed by atoms with E-state index in [9.17, 15) is 27.6 Å². The molecule has 1 amide bonds. The van der Waals surface area contributed by atoms with Crippen molar-refractivity contribution in [3.63, 3.8) is 0 Å². The highest BCUT2D eigenvalue weighted by atomic mass is 35.5. The van der Waals surface area contributed by atoms with E-state index in [2.05, 4.69) is 10.0 Å². The fourth-order valence-electron chi connectivity index (χ4n) is 4.32. The number of halogens is 2. The second kappa shape index (κ2) is 11.6. The van der Waals surface area contributed by atoms with Crippen molar-refractivity contribution in [1.82, 2.24) is 9.36 Å². The molecule has 0 bridgehead atoms. The predicted molar refractivity (Wildman–Crippen MR) is 158 cm³/mol. The molecule has 0 atom stereocenters. The molecule has 15 heteroatoms. The summed E-state index contributed by atoms with van der Waals surface area (Å²) in [5.41, 5.74) is 0.0177. The molecular formula is C28H22Cl2N4O8S. The number of rotatable bonds is 8. The number of carbonyl (C=O) groups is 3. The van der Waals surface area contributed by atoms with Crippen molar-refractivity contribution in [2.45, 2.75) is 11.8 Å². The number of ketones is 1. The van der Waals surface area contributed by atoms with E-state index in [-0.39, 0.29) is 39.4 Å². The first-order valence-electron chi connectivity index (χ1n) is 12.5. The number of anilines is 2. The van der Waals surface area contributed by atoms with E-state index in [1.54, 1.807) is 44.3 Å². The number of sulfonamides is 1. The zero-order chi connectivity index (χ0) is 31.1. The lowest BCUT2D eigenvalue weighted by atomic mass is 10.1. The molecule has 2 heterocycles. The van der Waals surface area contributed by atoms with E-state index >= 15 is 0 Å². The molecule has 12 nitrogen and oxygen atoms in total. The summed E-state index contributed by atoms with van der Waals surface area (Å²) in [4.78, 5) is 49.8. The second-order valence-corrected chi connectivity index (χ2v) is 11.8. The molecule has 0 saturated carbocycles. The van der Waals surface area contributed by atoms with E-state index in [0.29, 0.717) is 22.8 Å². The van der Waals surface area contributed by atoms with Crippen LogP contribution >= 0.6 is 23.2 Å². The molecule has 1 aliphatic heterocycles. The Bertz CT molecular complexity index is 1970. The molecule has 0 aliphatic carbocycles. The van der Waals surface area contributed by atoms with Gasteiger partial charge in [0.2, 0.25) is 0 Å². The molecule has 222 valence electrons. The zero-order valence-electron chi connectivity index (χ0n) is 22.5. The van der Waals surface area contributed by atoms with Gasteiger partial charge in [0.1, 0.15) is 16.3 Å². The van der Waals surface area contributed by atoms with Crippen molar-refractivity contribution in [2.24, 2.45) is 7.05 Å². The van der Waals surface area contributed by atoms with Crippen LogP contribution < -0.4 is 20.3 Å². The SMILES string of the molecule is Cc1c(NS(=O)(=O)c2cc(C(=O)OCC(=O)c3ccc4c(c3)NC(=O)CO4)c(Cl)cc2Cl)c(=O)n(-c2ccccc2)n1C. The zero-order valence-corrected chi connectivity index (χ0v) is 24.8. The standard InChI is InChI=1S/C28H22Cl2N4O8S/c1-15-26(27(37)34(33(15)2)17-6-4-3-5-7-17)32-43(39,40)24-11-18(19(29)12-20(24)30)28(38)42-13-22(35)16-8-9-23-21(10-16)31-25(36)14-41-23/h3-12,32H,13-14H2,1-2H3,(H,31,36). The third-order valence-electron chi connectivity index (χ3n) is 6.59. The topological polar surface area (TPSA) is 155 Å². The average Bonchev–Trinajstić information content (AvgIpc) is 3.18. The lowest BCUT2D eigenvalue weighted by Crippen LogP contribution is -2.25. The van der Waals surface area contributed by atoms with Crippen LogP contribution in [0, 0.1) is 6.92 Å². The van der Waals surface area contributed by atoms with Crippen LogP contribution in [0.1, 0.15) is 26.4 Å². The highest BCUT2D eigenvalue weighted by Gasteiger charge is 2.27. The van der Waals surface area contributed by atoms with Crippen LogP contribution in [-0.2, 0) is 26.6 Å². The Labute approximate surface area is 254 Å². The lowest BCUT2D eigenvalue weighted by Gasteiger charge is -2.18. The number of amides is 1. The molecule has 1 aliphatic rings. The van der Waals surface area contributed by atoms with Gasteiger partial charge in [0.05, 0.1) is 32.7 Å². The van der Waals surface area contributed by atoms with Gasteiger partial charge in [-0.3, -0.25) is 23.8 Å². The molecule has 5 rings (SSSR count). The van der Waals surface area contributed by atoms with E-state index in [1.165, 1.54) is 27.6 Å². The summed E-state index contributed by atoms with van der Waals surface area (Å²) in [6.45, 7) is 0.698.